The molecule has 15 heavy (non-hydrogen) atoms. The van der Waals surface area contributed by atoms with Crippen molar-refractivity contribution in [2.45, 2.75) is 39.1 Å². The summed E-state index contributed by atoms with van der Waals surface area (Å²) in [5.41, 5.74) is 0.974. The van der Waals surface area contributed by atoms with Crippen molar-refractivity contribution in [1.82, 2.24) is 0 Å². The van der Waals surface area contributed by atoms with Gasteiger partial charge in [0.1, 0.15) is 0 Å². The van der Waals surface area contributed by atoms with Crippen molar-refractivity contribution < 1.29 is 19.0 Å². The van der Waals surface area contributed by atoms with E-state index in [0.29, 0.717) is 19.4 Å². The molecule has 4 heteroatoms. The van der Waals surface area contributed by atoms with Crippen molar-refractivity contribution in [3.63, 3.8) is 0 Å². The fourth-order valence-corrected chi connectivity index (χ4v) is 1.53. The first kappa shape index (κ1) is 12.2. The zero-order chi connectivity index (χ0) is 11.3. The van der Waals surface area contributed by atoms with Crippen LogP contribution >= 0.6 is 0 Å². The predicted molar refractivity (Wildman–Crippen MR) is 55.3 cm³/mol. The smallest absolute Gasteiger partial charge is 0.309 e. The molecule has 0 saturated carbocycles. The Morgan fingerprint density at radius 3 is 2.93 bits per heavy atom. The van der Waals surface area contributed by atoms with Gasteiger partial charge in [-0.1, -0.05) is 6.08 Å². The van der Waals surface area contributed by atoms with Gasteiger partial charge in [-0.25, -0.2) is 0 Å². The average molecular weight is 214 g/mol. The van der Waals surface area contributed by atoms with E-state index < -0.39 is 0 Å². The maximum atomic E-state index is 11.3. The molecule has 2 unspecified atom stereocenters. The third-order valence-electron chi connectivity index (χ3n) is 2.37. The highest BCUT2D eigenvalue weighted by Crippen LogP contribution is 2.22. The third kappa shape index (κ3) is 3.64. The number of hydrogen-bond acceptors (Lipinski definition) is 4. The lowest BCUT2D eigenvalue weighted by Crippen LogP contribution is -2.28. The lowest BCUT2D eigenvalue weighted by molar-refractivity contribution is -0.151. The summed E-state index contributed by atoms with van der Waals surface area (Å²) in [6.07, 6.45) is 2.74. The molecule has 0 N–H and O–H groups in total. The second-order valence-corrected chi connectivity index (χ2v) is 3.44. The van der Waals surface area contributed by atoms with Gasteiger partial charge >= 0.3 is 5.97 Å². The minimum Gasteiger partial charge on any atom is -0.466 e. The van der Waals surface area contributed by atoms with Crippen LogP contribution in [-0.4, -0.2) is 32.1 Å². The van der Waals surface area contributed by atoms with Gasteiger partial charge in [0.15, 0.2) is 6.29 Å². The summed E-state index contributed by atoms with van der Waals surface area (Å²) in [5, 5.41) is 0. The Hall–Kier alpha value is -0.870. The molecule has 0 spiro atoms. The first-order valence-electron chi connectivity index (χ1n) is 5.20. The maximum absolute atomic E-state index is 11.3. The van der Waals surface area contributed by atoms with Crippen LogP contribution in [-0.2, 0) is 19.0 Å². The number of methoxy groups -OCH3 is 1. The van der Waals surface area contributed by atoms with Crippen LogP contribution in [0.1, 0.15) is 26.7 Å². The number of esters is 1. The van der Waals surface area contributed by atoms with Crippen LogP contribution in [0.2, 0.25) is 0 Å². The second-order valence-electron chi connectivity index (χ2n) is 3.44. The van der Waals surface area contributed by atoms with Gasteiger partial charge in [0.05, 0.1) is 19.1 Å². The number of ether oxygens (including phenoxy) is 3. The molecule has 4 nitrogen and oxygen atoms in total. The number of carbonyl (C=O) groups is 1. The molecule has 2 atom stereocenters. The van der Waals surface area contributed by atoms with E-state index in [9.17, 15) is 4.79 Å². The van der Waals surface area contributed by atoms with Gasteiger partial charge < -0.3 is 14.2 Å². The second kappa shape index (κ2) is 5.88. The van der Waals surface area contributed by atoms with Crippen LogP contribution in [0.4, 0.5) is 0 Å². The summed E-state index contributed by atoms with van der Waals surface area (Å²) in [6.45, 7) is 4.13. The molecular weight excluding hydrogens is 196 g/mol. The van der Waals surface area contributed by atoms with E-state index in [1.807, 2.05) is 13.0 Å². The van der Waals surface area contributed by atoms with E-state index in [1.165, 1.54) is 0 Å². The van der Waals surface area contributed by atoms with Gasteiger partial charge in [-0.3, -0.25) is 4.79 Å². The summed E-state index contributed by atoms with van der Waals surface area (Å²) in [4.78, 5) is 11.3. The van der Waals surface area contributed by atoms with Crippen molar-refractivity contribution in [2.24, 2.45) is 0 Å². The molecule has 0 aromatic heterocycles. The molecule has 0 bridgehead atoms. The zero-order valence-corrected chi connectivity index (χ0v) is 9.49. The number of hydrogen-bond donors (Lipinski definition) is 0. The minimum atomic E-state index is -0.199. The number of carbonyl (C=O) groups excluding carboxylic acids is 1. The van der Waals surface area contributed by atoms with E-state index in [0.717, 1.165) is 5.57 Å². The minimum absolute atomic E-state index is 0.0758. The summed E-state index contributed by atoms with van der Waals surface area (Å²) in [7, 11) is 1.61. The summed E-state index contributed by atoms with van der Waals surface area (Å²) >= 11 is 0. The van der Waals surface area contributed by atoms with E-state index in [-0.39, 0.29) is 18.4 Å². The molecule has 86 valence electrons. The first-order valence-corrected chi connectivity index (χ1v) is 5.20. The molecule has 1 aliphatic rings. The average Bonchev–Trinajstić information content (AvgIpc) is 2.21. The molecule has 1 heterocycles. The largest absolute Gasteiger partial charge is 0.466 e. The quantitative estimate of drug-likeness (QED) is 0.527. The SMILES string of the molecule is CCOC(=O)CC1=CCC(OC)OC1C. The Balaban J connectivity index is 2.48. The Labute approximate surface area is 90.2 Å². The van der Waals surface area contributed by atoms with Gasteiger partial charge in [0, 0.05) is 13.5 Å². The lowest BCUT2D eigenvalue weighted by Gasteiger charge is -2.27. The van der Waals surface area contributed by atoms with E-state index in [4.69, 9.17) is 14.2 Å². The van der Waals surface area contributed by atoms with Crippen molar-refractivity contribution in [2.75, 3.05) is 13.7 Å². The standard InChI is InChI=1S/C11H18O4/c1-4-14-10(12)7-9-5-6-11(13-3)15-8(9)2/h5,8,11H,4,6-7H2,1-3H3. The number of rotatable bonds is 4. The molecule has 1 aliphatic heterocycles. The highest BCUT2D eigenvalue weighted by Gasteiger charge is 2.22. The van der Waals surface area contributed by atoms with Crippen molar-refractivity contribution >= 4 is 5.97 Å². The van der Waals surface area contributed by atoms with Crippen LogP contribution in [0.15, 0.2) is 11.6 Å². The lowest BCUT2D eigenvalue weighted by atomic mass is 10.0. The predicted octanol–water partition coefficient (Wildman–Crippen LogP) is 1.65. The molecule has 0 aromatic carbocycles. The molecule has 0 aromatic rings. The fourth-order valence-electron chi connectivity index (χ4n) is 1.53. The van der Waals surface area contributed by atoms with Gasteiger partial charge in [-0.2, -0.15) is 0 Å². The molecule has 1 rings (SSSR count). The van der Waals surface area contributed by atoms with E-state index >= 15 is 0 Å². The van der Waals surface area contributed by atoms with E-state index in [2.05, 4.69) is 0 Å². The Kier molecular flexibility index (Phi) is 4.78. The van der Waals surface area contributed by atoms with Gasteiger partial charge in [-0.15, -0.1) is 0 Å². The van der Waals surface area contributed by atoms with Crippen molar-refractivity contribution in [1.29, 1.82) is 0 Å². The summed E-state index contributed by atoms with van der Waals surface area (Å²) in [5.74, 6) is -0.199. The molecular formula is C11H18O4. The van der Waals surface area contributed by atoms with Gasteiger partial charge in [-0.05, 0) is 19.4 Å². The Morgan fingerprint density at radius 2 is 2.40 bits per heavy atom. The normalized spacial score (nSPS) is 25.9. The molecule has 0 aliphatic carbocycles. The van der Waals surface area contributed by atoms with Gasteiger partial charge in [0.2, 0.25) is 0 Å². The van der Waals surface area contributed by atoms with Crippen molar-refractivity contribution in [3.05, 3.63) is 11.6 Å². The zero-order valence-electron chi connectivity index (χ0n) is 9.49. The van der Waals surface area contributed by atoms with Crippen LogP contribution in [0.3, 0.4) is 0 Å². The topological polar surface area (TPSA) is 44.8 Å². The van der Waals surface area contributed by atoms with Crippen molar-refractivity contribution in [3.8, 4) is 0 Å². The highest BCUT2D eigenvalue weighted by atomic mass is 16.7. The summed E-state index contributed by atoms with van der Waals surface area (Å²) in [6, 6.07) is 0. The fraction of sp³-hybridized carbons (Fsp3) is 0.727. The Morgan fingerprint density at radius 1 is 1.67 bits per heavy atom. The van der Waals surface area contributed by atoms with Crippen LogP contribution in [0.25, 0.3) is 0 Å². The third-order valence-corrected chi connectivity index (χ3v) is 2.37. The summed E-state index contributed by atoms with van der Waals surface area (Å²) < 4.78 is 15.5. The highest BCUT2D eigenvalue weighted by molar-refractivity contribution is 5.72. The molecule has 0 fully saturated rings. The molecule has 0 amide bonds. The molecule has 0 radical (unpaired) electrons. The Bertz CT molecular complexity index is 247. The van der Waals surface area contributed by atoms with Crippen LogP contribution < -0.4 is 0 Å². The van der Waals surface area contributed by atoms with Crippen LogP contribution in [0, 0.1) is 0 Å². The van der Waals surface area contributed by atoms with E-state index in [1.54, 1.807) is 14.0 Å². The molecule has 0 saturated heterocycles. The first-order chi connectivity index (χ1) is 7.17. The van der Waals surface area contributed by atoms with Gasteiger partial charge in [0.25, 0.3) is 0 Å². The maximum Gasteiger partial charge on any atom is 0.309 e. The van der Waals surface area contributed by atoms with Crippen LogP contribution in [0.5, 0.6) is 0 Å². The monoisotopic (exact) mass is 214 g/mol.